The van der Waals surface area contributed by atoms with Crippen LogP contribution in [0.5, 0.6) is 0 Å². The zero-order valence-electron chi connectivity index (χ0n) is 11.3. The predicted octanol–water partition coefficient (Wildman–Crippen LogP) is 3.91. The highest BCUT2D eigenvalue weighted by atomic mass is 35.5. The van der Waals surface area contributed by atoms with Gasteiger partial charge in [0.2, 0.25) is 0 Å². The summed E-state index contributed by atoms with van der Waals surface area (Å²) in [5.41, 5.74) is 9.41. The second kappa shape index (κ2) is 4.80. The Hall–Kier alpha value is -2.07. The Labute approximate surface area is 122 Å². The van der Waals surface area contributed by atoms with Gasteiger partial charge in [-0.25, -0.2) is 4.98 Å². The Kier molecular flexibility index (Phi) is 3.10. The van der Waals surface area contributed by atoms with E-state index in [0.717, 1.165) is 22.4 Å². The Balaban J connectivity index is 2.36. The molecule has 3 aromatic rings. The molecule has 102 valence electrons. The van der Waals surface area contributed by atoms with Crippen molar-refractivity contribution in [3.05, 3.63) is 41.7 Å². The molecule has 0 spiro atoms. The van der Waals surface area contributed by atoms with Crippen molar-refractivity contribution in [2.45, 2.75) is 19.9 Å². The van der Waals surface area contributed by atoms with Gasteiger partial charge >= 0.3 is 0 Å². The molecule has 0 saturated carbocycles. The molecule has 0 bridgehead atoms. The number of nitrogens with zero attached hydrogens (tertiary/aromatic N) is 3. The molecular formula is C15H15ClN4. The normalized spacial score (nSPS) is 11.4. The van der Waals surface area contributed by atoms with Crippen molar-refractivity contribution in [2.75, 3.05) is 5.73 Å². The van der Waals surface area contributed by atoms with Crippen molar-refractivity contribution in [3.63, 3.8) is 0 Å². The predicted molar refractivity (Wildman–Crippen MR) is 82.8 cm³/mol. The number of halogens is 1. The zero-order chi connectivity index (χ0) is 14.3. The number of para-hydroxylation sites is 1. The fraction of sp³-hybridized carbons (Fsp3) is 0.200. The maximum Gasteiger partial charge on any atom is 0.143 e. The third-order valence-corrected chi connectivity index (χ3v) is 3.63. The Bertz CT molecular complexity index is 777. The summed E-state index contributed by atoms with van der Waals surface area (Å²) in [7, 11) is 0. The van der Waals surface area contributed by atoms with Crippen LogP contribution >= 0.6 is 11.6 Å². The van der Waals surface area contributed by atoms with Gasteiger partial charge in [-0.15, -0.1) is 0 Å². The number of hydrogen-bond donors (Lipinski definition) is 1. The molecule has 0 aliphatic carbocycles. The van der Waals surface area contributed by atoms with E-state index in [0.29, 0.717) is 10.7 Å². The van der Waals surface area contributed by atoms with E-state index < -0.39 is 0 Å². The summed E-state index contributed by atoms with van der Waals surface area (Å²) in [4.78, 5) is 8.80. The van der Waals surface area contributed by atoms with Gasteiger partial charge < -0.3 is 10.3 Å². The lowest BCUT2D eigenvalue weighted by Crippen LogP contribution is -2.04. The van der Waals surface area contributed by atoms with Gasteiger partial charge in [0.1, 0.15) is 11.3 Å². The third kappa shape index (κ3) is 1.93. The first-order valence-corrected chi connectivity index (χ1v) is 6.83. The van der Waals surface area contributed by atoms with Crippen LogP contribution in [0.25, 0.3) is 22.4 Å². The first-order chi connectivity index (χ1) is 9.59. The third-order valence-electron chi connectivity index (χ3n) is 3.30. The summed E-state index contributed by atoms with van der Waals surface area (Å²) < 4.78 is 2.15. The Morgan fingerprint density at radius 1 is 1.25 bits per heavy atom. The highest BCUT2D eigenvalue weighted by Gasteiger charge is 2.17. The van der Waals surface area contributed by atoms with Crippen molar-refractivity contribution < 1.29 is 0 Å². The quantitative estimate of drug-likeness (QED) is 0.727. The minimum absolute atomic E-state index is 0.260. The first-order valence-electron chi connectivity index (χ1n) is 6.46. The zero-order valence-corrected chi connectivity index (χ0v) is 12.1. The molecule has 20 heavy (non-hydrogen) atoms. The van der Waals surface area contributed by atoms with Crippen LogP contribution in [0.3, 0.4) is 0 Å². The number of nitrogen functional groups attached to an aromatic ring is 1. The number of imidazole rings is 1. The highest BCUT2D eigenvalue weighted by molar-refractivity contribution is 6.33. The number of pyridine rings is 1. The molecule has 1 aromatic carbocycles. The summed E-state index contributed by atoms with van der Waals surface area (Å²) in [6.07, 6.45) is 3.53. The molecule has 0 fully saturated rings. The van der Waals surface area contributed by atoms with Crippen LogP contribution in [0.4, 0.5) is 5.69 Å². The number of aromatic nitrogens is 3. The van der Waals surface area contributed by atoms with Gasteiger partial charge in [0.15, 0.2) is 0 Å². The van der Waals surface area contributed by atoms with Gasteiger partial charge in [-0.3, -0.25) is 4.98 Å². The topological polar surface area (TPSA) is 56.7 Å². The minimum Gasteiger partial charge on any atom is -0.397 e. The molecule has 0 saturated heterocycles. The van der Waals surface area contributed by atoms with E-state index in [1.165, 1.54) is 0 Å². The molecule has 4 nitrogen and oxygen atoms in total. The number of fused-ring (bicyclic) bond motifs is 1. The number of nitrogens with two attached hydrogens (primary N) is 1. The molecule has 2 heterocycles. The fourth-order valence-electron chi connectivity index (χ4n) is 2.40. The van der Waals surface area contributed by atoms with Crippen LogP contribution in [-0.2, 0) is 0 Å². The Morgan fingerprint density at radius 2 is 2.05 bits per heavy atom. The van der Waals surface area contributed by atoms with E-state index in [9.17, 15) is 0 Å². The molecule has 0 unspecified atom stereocenters. The van der Waals surface area contributed by atoms with Crippen LogP contribution in [0.1, 0.15) is 19.9 Å². The second-order valence-electron chi connectivity index (χ2n) is 4.96. The monoisotopic (exact) mass is 286 g/mol. The highest BCUT2D eigenvalue weighted by Crippen LogP contribution is 2.34. The second-order valence-corrected chi connectivity index (χ2v) is 5.37. The Morgan fingerprint density at radius 3 is 2.80 bits per heavy atom. The average molecular weight is 287 g/mol. The number of rotatable bonds is 2. The molecule has 2 N–H and O–H groups in total. The van der Waals surface area contributed by atoms with E-state index in [4.69, 9.17) is 17.3 Å². The maximum atomic E-state index is 6.12. The molecule has 3 rings (SSSR count). The van der Waals surface area contributed by atoms with Gasteiger partial charge in [0, 0.05) is 17.8 Å². The molecule has 0 radical (unpaired) electrons. The molecule has 5 heteroatoms. The van der Waals surface area contributed by atoms with Crippen LogP contribution in [0.2, 0.25) is 5.02 Å². The largest absolute Gasteiger partial charge is 0.397 e. The average Bonchev–Trinajstić information content (AvgIpc) is 2.81. The molecule has 0 amide bonds. The lowest BCUT2D eigenvalue weighted by Gasteiger charge is -2.14. The summed E-state index contributed by atoms with van der Waals surface area (Å²) in [5.74, 6) is 0.822. The summed E-state index contributed by atoms with van der Waals surface area (Å²) >= 11 is 6.12. The SMILES string of the molecule is CC(C)n1c(-c2cccc(Cl)c2N)nc2cnccc21. The first kappa shape index (κ1) is 12.9. The van der Waals surface area contributed by atoms with E-state index in [1.54, 1.807) is 18.5 Å². The van der Waals surface area contributed by atoms with Gasteiger partial charge in [0.05, 0.1) is 22.4 Å². The van der Waals surface area contributed by atoms with Crippen LogP contribution in [0, 0.1) is 0 Å². The molecule has 0 atom stereocenters. The van der Waals surface area contributed by atoms with Crippen LogP contribution < -0.4 is 5.73 Å². The summed E-state index contributed by atoms with van der Waals surface area (Å²) in [6, 6.07) is 7.83. The van der Waals surface area contributed by atoms with Crippen molar-refractivity contribution in [3.8, 4) is 11.4 Å². The summed E-state index contributed by atoms with van der Waals surface area (Å²) in [6.45, 7) is 4.23. The smallest absolute Gasteiger partial charge is 0.143 e. The lowest BCUT2D eigenvalue weighted by molar-refractivity contribution is 0.624. The number of benzene rings is 1. The van der Waals surface area contributed by atoms with Crippen molar-refractivity contribution in [1.29, 1.82) is 0 Å². The molecule has 0 aliphatic rings. The van der Waals surface area contributed by atoms with Gasteiger partial charge in [-0.1, -0.05) is 17.7 Å². The molecule has 0 aliphatic heterocycles. The number of anilines is 1. The fourth-order valence-corrected chi connectivity index (χ4v) is 2.57. The van der Waals surface area contributed by atoms with Gasteiger partial charge in [0.25, 0.3) is 0 Å². The molecule has 2 aromatic heterocycles. The van der Waals surface area contributed by atoms with E-state index in [1.807, 2.05) is 18.2 Å². The van der Waals surface area contributed by atoms with E-state index in [2.05, 4.69) is 28.4 Å². The lowest BCUT2D eigenvalue weighted by atomic mass is 10.1. The van der Waals surface area contributed by atoms with Gasteiger partial charge in [-0.2, -0.15) is 0 Å². The van der Waals surface area contributed by atoms with E-state index in [-0.39, 0.29) is 6.04 Å². The van der Waals surface area contributed by atoms with Crippen molar-refractivity contribution in [2.24, 2.45) is 0 Å². The molecular weight excluding hydrogens is 272 g/mol. The van der Waals surface area contributed by atoms with Crippen molar-refractivity contribution in [1.82, 2.24) is 14.5 Å². The minimum atomic E-state index is 0.260. The standard InChI is InChI=1S/C15H15ClN4/c1-9(2)20-13-6-7-18-8-12(13)19-15(20)10-4-3-5-11(16)14(10)17/h3-9H,17H2,1-2H3. The summed E-state index contributed by atoms with van der Waals surface area (Å²) in [5, 5.41) is 0.544. The van der Waals surface area contributed by atoms with E-state index >= 15 is 0 Å². The van der Waals surface area contributed by atoms with Gasteiger partial charge in [-0.05, 0) is 32.0 Å². The van der Waals surface area contributed by atoms with Crippen LogP contribution in [0.15, 0.2) is 36.7 Å². The van der Waals surface area contributed by atoms with Crippen molar-refractivity contribution >= 4 is 28.3 Å². The maximum absolute atomic E-state index is 6.12. The van der Waals surface area contributed by atoms with Crippen LogP contribution in [-0.4, -0.2) is 14.5 Å². The number of hydrogen-bond acceptors (Lipinski definition) is 3.